The van der Waals surface area contributed by atoms with Crippen LogP contribution >= 0.6 is 11.3 Å². The summed E-state index contributed by atoms with van der Waals surface area (Å²) in [6, 6.07) is 8.27. The number of carbonyl (C=O) groups excluding carboxylic acids is 2. The predicted molar refractivity (Wildman–Crippen MR) is 80.1 cm³/mol. The van der Waals surface area contributed by atoms with Gasteiger partial charge in [-0.3, -0.25) is 9.59 Å². The van der Waals surface area contributed by atoms with E-state index in [9.17, 15) is 9.59 Å². The summed E-state index contributed by atoms with van der Waals surface area (Å²) in [5, 5.41) is 6.65. The molecular formula is C15H16N2O2S. The van der Waals surface area contributed by atoms with Crippen LogP contribution in [0.3, 0.4) is 0 Å². The minimum Gasteiger partial charge on any atom is -0.352 e. The molecule has 1 heterocycles. The van der Waals surface area contributed by atoms with Gasteiger partial charge in [0, 0.05) is 10.7 Å². The van der Waals surface area contributed by atoms with Crippen LogP contribution in [0.15, 0.2) is 24.3 Å². The fourth-order valence-corrected chi connectivity index (χ4v) is 3.26. The molecule has 4 nitrogen and oxygen atoms in total. The van der Waals surface area contributed by atoms with Crippen molar-refractivity contribution in [1.82, 2.24) is 10.6 Å². The van der Waals surface area contributed by atoms with Gasteiger partial charge in [0.2, 0.25) is 5.91 Å². The molecule has 1 aliphatic rings. The van der Waals surface area contributed by atoms with E-state index in [4.69, 9.17) is 0 Å². The highest BCUT2D eigenvalue weighted by atomic mass is 32.1. The first-order valence-corrected chi connectivity index (χ1v) is 7.52. The highest BCUT2D eigenvalue weighted by molar-refractivity contribution is 7.21. The van der Waals surface area contributed by atoms with Gasteiger partial charge in [0.15, 0.2) is 0 Å². The van der Waals surface area contributed by atoms with Gasteiger partial charge < -0.3 is 10.6 Å². The standard InChI is InChI=1S/C15H16N2O2S/c1-9-11-4-2-3-5-12(11)20-14(9)15(19)16-8-13(18)17-10-6-7-10/h2-5,10H,6-8H2,1H3,(H,16,19)(H,17,18). The summed E-state index contributed by atoms with van der Waals surface area (Å²) in [5.74, 6) is -0.283. The maximum Gasteiger partial charge on any atom is 0.262 e. The van der Waals surface area contributed by atoms with E-state index in [0.29, 0.717) is 10.9 Å². The smallest absolute Gasteiger partial charge is 0.262 e. The number of amides is 2. The molecule has 3 rings (SSSR count). The number of rotatable bonds is 4. The number of nitrogens with one attached hydrogen (secondary N) is 2. The summed E-state index contributed by atoms with van der Waals surface area (Å²) in [6.45, 7) is 1.99. The molecule has 2 aromatic rings. The maximum absolute atomic E-state index is 12.2. The molecule has 0 saturated heterocycles. The van der Waals surface area contributed by atoms with Crippen molar-refractivity contribution in [1.29, 1.82) is 0 Å². The number of fused-ring (bicyclic) bond motifs is 1. The monoisotopic (exact) mass is 288 g/mol. The van der Waals surface area contributed by atoms with Crippen LogP contribution in [0.5, 0.6) is 0 Å². The topological polar surface area (TPSA) is 58.2 Å². The molecule has 1 saturated carbocycles. The Bertz CT molecular complexity index is 674. The van der Waals surface area contributed by atoms with Crippen LogP contribution in [0.2, 0.25) is 0 Å². The van der Waals surface area contributed by atoms with Crippen LogP contribution in [-0.2, 0) is 4.79 Å². The molecule has 20 heavy (non-hydrogen) atoms. The fraction of sp³-hybridized carbons (Fsp3) is 0.333. The second kappa shape index (κ2) is 5.25. The summed E-state index contributed by atoms with van der Waals surface area (Å²) >= 11 is 1.47. The van der Waals surface area contributed by atoms with Crippen molar-refractivity contribution < 1.29 is 9.59 Å². The van der Waals surface area contributed by atoms with Crippen molar-refractivity contribution in [2.75, 3.05) is 6.54 Å². The van der Waals surface area contributed by atoms with Crippen LogP contribution in [-0.4, -0.2) is 24.4 Å². The first-order chi connectivity index (χ1) is 9.65. The van der Waals surface area contributed by atoms with Crippen molar-refractivity contribution in [3.8, 4) is 0 Å². The highest BCUT2D eigenvalue weighted by Crippen LogP contribution is 2.30. The molecule has 0 aliphatic heterocycles. The highest BCUT2D eigenvalue weighted by Gasteiger charge is 2.23. The number of aryl methyl sites for hydroxylation is 1. The zero-order chi connectivity index (χ0) is 14.1. The Morgan fingerprint density at radius 3 is 2.75 bits per heavy atom. The van der Waals surface area contributed by atoms with Crippen molar-refractivity contribution in [3.63, 3.8) is 0 Å². The Hall–Kier alpha value is -1.88. The molecule has 1 aromatic heterocycles. The average molecular weight is 288 g/mol. The second-order valence-electron chi connectivity index (χ2n) is 5.08. The first kappa shape index (κ1) is 13.1. The van der Waals surface area contributed by atoms with Gasteiger partial charge in [0.25, 0.3) is 5.91 Å². The molecule has 1 aromatic carbocycles. The van der Waals surface area contributed by atoms with E-state index < -0.39 is 0 Å². The Kier molecular flexibility index (Phi) is 3.44. The SMILES string of the molecule is Cc1c(C(=O)NCC(=O)NC2CC2)sc2ccccc12. The lowest BCUT2D eigenvalue weighted by molar-refractivity contribution is -0.120. The summed E-state index contributed by atoms with van der Waals surface area (Å²) in [7, 11) is 0. The third-order valence-electron chi connectivity index (χ3n) is 3.40. The molecule has 104 valence electrons. The van der Waals surface area contributed by atoms with E-state index in [1.807, 2.05) is 31.2 Å². The lowest BCUT2D eigenvalue weighted by atomic mass is 10.1. The van der Waals surface area contributed by atoms with E-state index >= 15 is 0 Å². The van der Waals surface area contributed by atoms with Crippen molar-refractivity contribution in [2.24, 2.45) is 0 Å². The van der Waals surface area contributed by atoms with E-state index in [0.717, 1.165) is 28.5 Å². The van der Waals surface area contributed by atoms with Crippen molar-refractivity contribution in [2.45, 2.75) is 25.8 Å². The van der Waals surface area contributed by atoms with Crippen LogP contribution in [0.1, 0.15) is 28.1 Å². The Balaban J connectivity index is 1.68. The van der Waals surface area contributed by atoms with Gasteiger partial charge >= 0.3 is 0 Å². The van der Waals surface area contributed by atoms with Gasteiger partial charge in [0.05, 0.1) is 11.4 Å². The van der Waals surface area contributed by atoms with E-state index in [2.05, 4.69) is 10.6 Å². The number of carbonyl (C=O) groups is 2. The molecule has 1 aliphatic carbocycles. The van der Waals surface area contributed by atoms with Crippen LogP contribution < -0.4 is 10.6 Å². The molecule has 2 amide bonds. The molecule has 1 fully saturated rings. The lowest BCUT2D eigenvalue weighted by Gasteiger charge is -2.05. The molecule has 0 spiro atoms. The summed E-state index contributed by atoms with van der Waals surface area (Å²) in [6.07, 6.45) is 2.10. The number of hydrogen-bond donors (Lipinski definition) is 2. The van der Waals surface area contributed by atoms with E-state index in [-0.39, 0.29) is 18.4 Å². The normalized spacial score (nSPS) is 14.2. The molecule has 2 N–H and O–H groups in total. The quantitative estimate of drug-likeness (QED) is 0.906. The minimum atomic E-state index is -0.172. The van der Waals surface area contributed by atoms with E-state index in [1.165, 1.54) is 11.3 Å². The van der Waals surface area contributed by atoms with Gasteiger partial charge in [0.1, 0.15) is 0 Å². The summed E-state index contributed by atoms with van der Waals surface area (Å²) < 4.78 is 1.09. The molecular weight excluding hydrogens is 272 g/mol. The van der Waals surface area contributed by atoms with Gasteiger partial charge in [-0.05, 0) is 36.8 Å². The second-order valence-corrected chi connectivity index (χ2v) is 6.13. The van der Waals surface area contributed by atoms with Crippen molar-refractivity contribution >= 4 is 33.2 Å². The van der Waals surface area contributed by atoms with Crippen molar-refractivity contribution in [3.05, 3.63) is 34.7 Å². The lowest BCUT2D eigenvalue weighted by Crippen LogP contribution is -2.37. The summed E-state index contributed by atoms with van der Waals surface area (Å²) in [5.41, 5.74) is 0.978. The molecule has 0 atom stereocenters. The van der Waals surface area contributed by atoms with Crippen LogP contribution in [0, 0.1) is 6.92 Å². The Morgan fingerprint density at radius 2 is 2.05 bits per heavy atom. The minimum absolute atomic E-state index is 0.0447. The maximum atomic E-state index is 12.2. The van der Waals surface area contributed by atoms with Gasteiger partial charge in [-0.25, -0.2) is 0 Å². The van der Waals surface area contributed by atoms with Gasteiger partial charge in [-0.1, -0.05) is 18.2 Å². The number of thiophene rings is 1. The number of benzene rings is 1. The Morgan fingerprint density at radius 1 is 1.30 bits per heavy atom. The van der Waals surface area contributed by atoms with Gasteiger partial charge in [-0.2, -0.15) is 0 Å². The van der Waals surface area contributed by atoms with Gasteiger partial charge in [-0.15, -0.1) is 11.3 Å². The number of hydrogen-bond acceptors (Lipinski definition) is 3. The third-order valence-corrected chi connectivity index (χ3v) is 4.67. The zero-order valence-electron chi connectivity index (χ0n) is 11.2. The Labute approximate surface area is 121 Å². The zero-order valence-corrected chi connectivity index (χ0v) is 12.0. The molecule has 5 heteroatoms. The van der Waals surface area contributed by atoms with Crippen LogP contribution in [0.25, 0.3) is 10.1 Å². The largest absolute Gasteiger partial charge is 0.352 e. The fourth-order valence-electron chi connectivity index (χ4n) is 2.14. The van der Waals surface area contributed by atoms with Crippen LogP contribution in [0.4, 0.5) is 0 Å². The first-order valence-electron chi connectivity index (χ1n) is 6.71. The molecule has 0 radical (unpaired) electrons. The summed E-state index contributed by atoms with van der Waals surface area (Å²) in [4.78, 5) is 24.4. The predicted octanol–water partition coefficient (Wildman–Crippen LogP) is 2.22. The van der Waals surface area contributed by atoms with E-state index in [1.54, 1.807) is 0 Å². The third kappa shape index (κ3) is 2.67. The molecule has 0 bridgehead atoms. The molecule has 0 unspecified atom stereocenters. The average Bonchev–Trinajstić information content (AvgIpc) is 3.19.